The van der Waals surface area contributed by atoms with Gasteiger partial charge in [0.05, 0.1) is 6.04 Å². The fraction of sp³-hybridized carbons (Fsp3) is 0.318. The summed E-state index contributed by atoms with van der Waals surface area (Å²) in [6.07, 6.45) is 5.61. The van der Waals surface area contributed by atoms with E-state index in [9.17, 15) is 9.18 Å². The lowest BCUT2D eigenvalue weighted by atomic mass is 9.83. The van der Waals surface area contributed by atoms with Crippen LogP contribution in [0, 0.1) is 5.82 Å². The van der Waals surface area contributed by atoms with E-state index in [4.69, 9.17) is 4.74 Å². The van der Waals surface area contributed by atoms with Gasteiger partial charge in [-0.2, -0.15) is 0 Å². The van der Waals surface area contributed by atoms with E-state index >= 15 is 0 Å². The molecule has 134 valence electrons. The Morgan fingerprint density at radius 1 is 1.12 bits per heavy atom. The van der Waals surface area contributed by atoms with Crippen LogP contribution in [0.3, 0.4) is 0 Å². The van der Waals surface area contributed by atoms with Crippen LogP contribution in [0.1, 0.15) is 36.8 Å². The van der Waals surface area contributed by atoms with E-state index in [-0.39, 0.29) is 30.6 Å². The third-order valence-corrected chi connectivity index (χ3v) is 5.25. The molecule has 2 aliphatic rings. The van der Waals surface area contributed by atoms with E-state index in [2.05, 4.69) is 6.08 Å². The van der Waals surface area contributed by atoms with E-state index in [1.807, 2.05) is 41.3 Å². The molecular formula is C22H22FNO2. The van der Waals surface area contributed by atoms with Crippen molar-refractivity contribution in [3.05, 3.63) is 77.6 Å². The van der Waals surface area contributed by atoms with Gasteiger partial charge in [0.15, 0.2) is 0 Å². The number of carbonyl (C=O) groups is 1. The molecule has 0 aliphatic carbocycles. The van der Waals surface area contributed by atoms with Crippen molar-refractivity contribution < 1.29 is 13.9 Å². The van der Waals surface area contributed by atoms with Crippen molar-refractivity contribution in [1.82, 2.24) is 4.90 Å². The molecule has 2 unspecified atom stereocenters. The Kier molecular flexibility index (Phi) is 4.74. The fourth-order valence-electron chi connectivity index (χ4n) is 4.01. The maximum Gasteiger partial charge on any atom is 0.410 e. The summed E-state index contributed by atoms with van der Waals surface area (Å²) in [5.74, 6) is -0.224. The van der Waals surface area contributed by atoms with Gasteiger partial charge in [-0.3, -0.25) is 4.90 Å². The molecule has 0 spiro atoms. The summed E-state index contributed by atoms with van der Waals surface area (Å²) in [6, 6.07) is 16.6. The second-order valence-electron chi connectivity index (χ2n) is 7.01. The second kappa shape index (κ2) is 7.32. The molecule has 2 heterocycles. The Labute approximate surface area is 153 Å². The summed E-state index contributed by atoms with van der Waals surface area (Å²) in [5, 5.41) is 0. The highest BCUT2D eigenvalue weighted by Gasteiger charge is 2.38. The van der Waals surface area contributed by atoms with Crippen LogP contribution in [0.5, 0.6) is 0 Å². The lowest BCUT2D eigenvalue weighted by Crippen LogP contribution is -2.51. The number of halogens is 1. The average Bonchev–Trinajstić information content (AvgIpc) is 2.66. The average molecular weight is 351 g/mol. The summed E-state index contributed by atoms with van der Waals surface area (Å²) in [4.78, 5) is 14.6. The minimum atomic E-state index is -0.252. The van der Waals surface area contributed by atoms with Gasteiger partial charge in [0.1, 0.15) is 12.4 Å². The molecule has 2 aliphatic heterocycles. The topological polar surface area (TPSA) is 29.5 Å². The van der Waals surface area contributed by atoms with Crippen LogP contribution < -0.4 is 0 Å². The maximum absolute atomic E-state index is 13.6. The summed E-state index contributed by atoms with van der Waals surface area (Å²) < 4.78 is 19.1. The third kappa shape index (κ3) is 3.50. The van der Waals surface area contributed by atoms with Crippen molar-refractivity contribution in [2.75, 3.05) is 0 Å². The Balaban J connectivity index is 1.50. The highest BCUT2D eigenvalue weighted by molar-refractivity contribution is 5.74. The Morgan fingerprint density at radius 2 is 1.96 bits per heavy atom. The van der Waals surface area contributed by atoms with Crippen LogP contribution in [0.2, 0.25) is 0 Å². The number of carbonyl (C=O) groups excluding carboxylic acids is 1. The van der Waals surface area contributed by atoms with Gasteiger partial charge in [-0.1, -0.05) is 48.5 Å². The smallest absolute Gasteiger partial charge is 0.410 e. The molecule has 1 fully saturated rings. The quantitative estimate of drug-likeness (QED) is 0.763. The number of benzene rings is 2. The molecule has 4 heteroatoms. The number of amides is 1. The van der Waals surface area contributed by atoms with E-state index < -0.39 is 0 Å². The number of piperidine rings is 1. The molecule has 2 bridgehead atoms. The van der Waals surface area contributed by atoms with Crippen LogP contribution in [-0.4, -0.2) is 23.1 Å². The predicted molar refractivity (Wildman–Crippen MR) is 98.9 cm³/mol. The van der Waals surface area contributed by atoms with Crippen LogP contribution >= 0.6 is 0 Å². The maximum atomic E-state index is 13.6. The highest BCUT2D eigenvalue weighted by atomic mass is 19.1. The van der Waals surface area contributed by atoms with Gasteiger partial charge >= 0.3 is 6.09 Å². The SMILES string of the molecule is O=C(OCc1ccccc1)N1C2C=C(c3cccc(F)c3)CC1CCC2. The minimum absolute atomic E-state index is 0.0315. The van der Waals surface area contributed by atoms with Gasteiger partial charge in [-0.25, -0.2) is 9.18 Å². The zero-order chi connectivity index (χ0) is 17.9. The normalized spacial score (nSPS) is 21.9. The van der Waals surface area contributed by atoms with Gasteiger partial charge in [0, 0.05) is 6.04 Å². The minimum Gasteiger partial charge on any atom is -0.445 e. The number of fused-ring (bicyclic) bond motifs is 2. The van der Waals surface area contributed by atoms with Gasteiger partial charge in [-0.15, -0.1) is 0 Å². The van der Waals surface area contributed by atoms with Crippen molar-refractivity contribution in [2.45, 2.75) is 44.4 Å². The second-order valence-corrected chi connectivity index (χ2v) is 7.01. The molecule has 0 aromatic heterocycles. The van der Waals surface area contributed by atoms with Gasteiger partial charge in [0.25, 0.3) is 0 Å². The fourth-order valence-corrected chi connectivity index (χ4v) is 4.01. The molecule has 2 aromatic rings. The van der Waals surface area contributed by atoms with Crippen molar-refractivity contribution >= 4 is 11.7 Å². The first-order valence-corrected chi connectivity index (χ1v) is 9.16. The first kappa shape index (κ1) is 16.8. The molecule has 1 amide bonds. The summed E-state index contributed by atoms with van der Waals surface area (Å²) in [5.41, 5.74) is 3.03. The number of ether oxygens (including phenoxy) is 1. The van der Waals surface area contributed by atoms with Gasteiger partial charge in [-0.05, 0) is 54.5 Å². The lowest BCUT2D eigenvalue weighted by Gasteiger charge is -2.44. The Morgan fingerprint density at radius 3 is 2.73 bits per heavy atom. The number of nitrogens with zero attached hydrogens (tertiary/aromatic N) is 1. The highest BCUT2D eigenvalue weighted by Crippen LogP contribution is 2.37. The van der Waals surface area contributed by atoms with Crippen LogP contribution in [-0.2, 0) is 11.3 Å². The predicted octanol–water partition coefficient (Wildman–Crippen LogP) is 5.17. The summed E-state index contributed by atoms with van der Waals surface area (Å²) in [7, 11) is 0. The zero-order valence-electron chi connectivity index (χ0n) is 14.6. The molecule has 0 N–H and O–H groups in total. The van der Waals surface area contributed by atoms with Crippen LogP contribution in [0.4, 0.5) is 9.18 Å². The molecule has 26 heavy (non-hydrogen) atoms. The molecule has 4 rings (SSSR count). The molecule has 0 saturated carbocycles. The summed E-state index contributed by atoms with van der Waals surface area (Å²) in [6.45, 7) is 0.288. The largest absolute Gasteiger partial charge is 0.445 e. The zero-order valence-corrected chi connectivity index (χ0v) is 14.6. The summed E-state index contributed by atoms with van der Waals surface area (Å²) >= 11 is 0. The van der Waals surface area contributed by atoms with Crippen LogP contribution in [0.15, 0.2) is 60.7 Å². The molecule has 2 atom stereocenters. The Hall–Kier alpha value is -2.62. The van der Waals surface area contributed by atoms with Crippen molar-refractivity contribution in [1.29, 1.82) is 0 Å². The molecule has 3 nitrogen and oxygen atoms in total. The van der Waals surface area contributed by atoms with E-state index in [1.165, 1.54) is 6.07 Å². The first-order chi connectivity index (χ1) is 12.7. The van der Waals surface area contributed by atoms with E-state index in [0.717, 1.165) is 42.4 Å². The monoisotopic (exact) mass is 351 g/mol. The Bertz CT molecular complexity index is 818. The van der Waals surface area contributed by atoms with Gasteiger partial charge < -0.3 is 4.74 Å². The van der Waals surface area contributed by atoms with Crippen LogP contribution in [0.25, 0.3) is 5.57 Å². The number of rotatable bonds is 3. The van der Waals surface area contributed by atoms with Gasteiger partial charge in [0.2, 0.25) is 0 Å². The number of hydrogen-bond donors (Lipinski definition) is 0. The first-order valence-electron chi connectivity index (χ1n) is 9.16. The van der Waals surface area contributed by atoms with Crippen molar-refractivity contribution in [3.63, 3.8) is 0 Å². The molecular weight excluding hydrogens is 329 g/mol. The van der Waals surface area contributed by atoms with E-state index in [0.29, 0.717) is 0 Å². The van der Waals surface area contributed by atoms with E-state index in [1.54, 1.807) is 12.1 Å². The number of hydrogen-bond acceptors (Lipinski definition) is 2. The molecule has 1 saturated heterocycles. The van der Waals surface area contributed by atoms with Crippen molar-refractivity contribution in [3.8, 4) is 0 Å². The van der Waals surface area contributed by atoms with Crippen molar-refractivity contribution in [2.24, 2.45) is 0 Å². The third-order valence-electron chi connectivity index (χ3n) is 5.25. The molecule has 2 aromatic carbocycles. The lowest BCUT2D eigenvalue weighted by molar-refractivity contribution is 0.0510. The standard InChI is InChI=1S/C22H22FNO2/c23-19-9-4-8-17(12-19)18-13-20-10-5-11-21(14-18)24(20)22(25)26-15-16-6-2-1-3-7-16/h1-4,6-9,12-13,20-21H,5,10-11,14-15H2. The molecule has 0 radical (unpaired) electrons.